The molecule has 0 aliphatic heterocycles. The van der Waals surface area contributed by atoms with Gasteiger partial charge in [-0.15, -0.1) is 11.3 Å². The highest BCUT2D eigenvalue weighted by Gasteiger charge is 2.59. The van der Waals surface area contributed by atoms with Crippen molar-refractivity contribution in [3.8, 4) is 0 Å². The Balaban J connectivity index is 1.63. The lowest BCUT2D eigenvalue weighted by Gasteiger charge is -2.58. The number of thiazole rings is 1. The second-order valence-electron chi connectivity index (χ2n) is 10.9. The van der Waals surface area contributed by atoms with Crippen LogP contribution < -0.4 is 16.0 Å². The Labute approximate surface area is 225 Å². The number of carbonyl (C=O) groups excluding carboxylic acids is 3. The van der Waals surface area contributed by atoms with Gasteiger partial charge in [-0.2, -0.15) is 0 Å². The molecular weight excluding hydrogens is 511 g/mol. The lowest BCUT2D eigenvalue weighted by Crippen LogP contribution is -2.57. The van der Waals surface area contributed by atoms with E-state index in [1.54, 1.807) is 0 Å². The lowest BCUT2D eigenvalue weighted by molar-refractivity contribution is -0.144. The maximum absolute atomic E-state index is 13.6. The Hall–Kier alpha value is -2.89. The van der Waals surface area contributed by atoms with E-state index in [0.717, 1.165) is 16.6 Å². The molecule has 5 atom stereocenters. The molecule has 0 radical (unpaired) electrons. The predicted molar refractivity (Wildman–Crippen MR) is 141 cm³/mol. The summed E-state index contributed by atoms with van der Waals surface area (Å²) in [5.41, 5.74) is -0.294. The van der Waals surface area contributed by atoms with Crippen LogP contribution in [0.1, 0.15) is 66.9 Å². The summed E-state index contributed by atoms with van der Waals surface area (Å²) in [6.07, 6.45) is 1.15. The fraction of sp³-hybridized carbons (Fsp3) is 0.556. The molecule has 1 heterocycles. The molecule has 4 rings (SSSR count). The standard InChI is InChI=1S/C27H35FN4O5S/c1-15(34)29-9-10-30-22(36)12-18-23-19(13-20-26(18,2)8-7-21(35)27(20,3)14-33)38-25(31-23)32-24(37)16-5-4-6-17(28)11-16/h4-6,11,18,20-21,33,35H,7-10,12-14H2,1-3H3,(H,29,34)(H,30,36)(H,31,32,37)/t18-,20+,21-,26+,27+/m1/s1. The Kier molecular flexibility index (Phi) is 8.20. The number of carbonyl (C=O) groups is 3. The van der Waals surface area contributed by atoms with E-state index in [4.69, 9.17) is 4.98 Å². The van der Waals surface area contributed by atoms with Gasteiger partial charge in [0.2, 0.25) is 11.8 Å². The average molecular weight is 547 g/mol. The summed E-state index contributed by atoms with van der Waals surface area (Å²) in [6, 6.07) is 5.40. The molecule has 1 saturated carbocycles. The largest absolute Gasteiger partial charge is 0.396 e. The van der Waals surface area contributed by atoms with Crippen LogP contribution in [0.2, 0.25) is 0 Å². The molecule has 1 aromatic carbocycles. The van der Waals surface area contributed by atoms with Crippen LogP contribution in [-0.2, 0) is 16.0 Å². The highest BCUT2D eigenvalue weighted by molar-refractivity contribution is 7.15. The van der Waals surface area contributed by atoms with Crippen molar-refractivity contribution in [2.45, 2.75) is 58.5 Å². The maximum atomic E-state index is 13.6. The lowest BCUT2D eigenvalue weighted by atomic mass is 9.47. The van der Waals surface area contributed by atoms with Crippen molar-refractivity contribution >= 4 is 34.2 Å². The summed E-state index contributed by atoms with van der Waals surface area (Å²) >= 11 is 1.31. The third-order valence-corrected chi connectivity index (χ3v) is 9.42. The number of aromatic nitrogens is 1. The fourth-order valence-corrected chi connectivity index (χ4v) is 7.26. The molecule has 2 aliphatic rings. The molecule has 2 aliphatic carbocycles. The number of fused-ring (bicyclic) bond motifs is 2. The number of nitrogens with zero attached hydrogens (tertiary/aromatic N) is 1. The predicted octanol–water partition coefficient (Wildman–Crippen LogP) is 2.59. The molecule has 0 unspecified atom stereocenters. The number of rotatable bonds is 8. The van der Waals surface area contributed by atoms with Gasteiger partial charge in [0.1, 0.15) is 5.82 Å². The molecule has 5 N–H and O–H groups in total. The normalized spacial score (nSPS) is 28.1. The van der Waals surface area contributed by atoms with Crippen molar-refractivity contribution < 1.29 is 29.0 Å². The first-order chi connectivity index (χ1) is 18.0. The quantitative estimate of drug-likeness (QED) is 0.323. The first-order valence-electron chi connectivity index (χ1n) is 12.8. The topological polar surface area (TPSA) is 141 Å². The molecule has 1 fully saturated rings. The molecule has 2 aromatic rings. The van der Waals surface area contributed by atoms with Crippen molar-refractivity contribution in [2.24, 2.45) is 16.7 Å². The van der Waals surface area contributed by atoms with Gasteiger partial charge in [-0.3, -0.25) is 19.7 Å². The smallest absolute Gasteiger partial charge is 0.257 e. The van der Waals surface area contributed by atoms with E-state index in [-0.39, 0.29) is 48.8 Å². The van der Waals surface area contributed by atoms with E-state index in [1.165, 1.54) is 36.5 Å². The molecule has 38 heavy (non-hydrogen) atoms. The van der Waals surface area contributed by atoms with Crippen LogP contribution in [0.3, 0.4) is 0 Å². The maximum Gasteiger partial charge on any atom is 0.257 e. The molecule has 0 saturated heterocycles. The second-order valence-corrected chi connectivity index (χ2v) is 11.9. The Morgan fingerprint density at radius 2 is 1.95 bits per heavy atom. The third kappa shape index (κ3) is 5.45. The molecule has 0 bridgehead atoms. The van der Waals surface area contributed by atoms with Crippen LogP contribution in [-0.4, -0.2) is 58.7 Å². The SMILES string of the molecule is CC(=O)NCCNC(=O)C[C@@H]1c2nc(NC(=O)c3cccc(F)c3)sc2C[C@@H]2[C@](C)(CO)[C@H](O)CC[C@]21C. The zero-order chi connectivity index (χ0) is 27.7. The summed E-state index contributed by atoms with van der Waals surface area (Å²) in [7, 11) is 0. The van der Waals surface area contributed by atoms with Gasteiger partial charge in [0.25, 0.3) is 5.91 Å². The van der Waals surface area contributed by atoms with Crippen molar-refractivity contribution in [1.82, 2.24) is 15.6 Å². The van der Waals surface area contributed by atoms with E-state index in [1.807, 2.05) is 6.92 Å². The van der Waals surface area contributed by atoms with Gasteiger partial charge < -0.3 is 20.8 Å². The molecule has 1 aromatic heterocycles. The summed E-state index contributed by atoms with van der Waals surface area (Å²) < 4.78 is 13.6. The molecule has 11 heteroatoms. The third-order valence-electron chi connectivity index (χ3n) is 8.41. The molecule has 0 spiro atoms. The first-order valence-corrected chi connectivity index (χ1v) is 13.7. The number of aliphatic hydroxyl groups excluding tert-OH is 2. The number of amides is 3. The van der Waals surface area contributed by atoms with E-state index in [0.29, 0.717) is 30.9 Å². The van der Waals surface area contributed by atoms with Crippen molar-refractivity contribution in [3.63, 3.8) is 0 Å². The van der Waals surface area contributed by atoms with Crippen LogP contribution in [0.15, 0.2) is 24.3 Å². The van der Waals surface area contributed by atoms with Gasteiger partial charge in [-0.05, 0) is 48.8 Å². The van der Waals surface area contributed by atoms with Gasteiger partial charge in [-0.1, -0.05) is 19.9 Å². The van der Waals surface area contributed by atoms with Crippen molar-refractivity contribution in [2.75, 3.05) is 25.0 Å². The zero-order valence-corrected chi connectivity index (χ0v) is 22.7. The van der Waals surface area contributed by atoms with Crippen LogP contribution in [0.25, 0.3) is 0 Å². The molecule has 206 valence electrons. The first kappa shape index (κ1) is 28.1. The summed E-state index contributed by atoms with van der Waals surface area (Å²) in [5.74, 6) is -1.80. The van der Waals surface area contributed by atoms with Gasteiger partial charge in [0.05, 0.1) is 18.4 Å². The molecule has 3 amide bonds. The van der Waals surface area contributed by atoms with Crippen LogP contribution in [0, 0.1) is 22.6 Å². The number of nitrogens with one attached hydrogen (secondary N) is 3. The van der Waals surface area contributed by atoms with Crippen molar-refractivity contribution in [1.29, 1.82) is 0 Å². The highest BCUT2D eigenvalue weighted by Crippen LogP contribution is 2.62. The minimum Gasteiger partial charge on any atom is -0.396 e. The Morgan fingerprint density at radius 3 is 2.63 bits per heavy atom. The molecule has 9 nitrogen and oxygen atoms in total. The summed E-state index contributed by atoms with van der Waals surface area (Å²) in [6.45, 7) is 5.81. The summed E-state index contributed by atoms with van der Waals surface area (Å²) in [4.78, 5) is 42.6. The minimum absolute atomic E-state index is 0.124. The number of aliphatic hydroxyl groups is 2. The Bertz CT molecular complexity index is 1220. The second kappa shape index (κ2) is 11.1. The Morgan fingerprint density at radius 1 is 1.21 bits per heavy atom. The van der Waals surface area contributed by atoms with Gasteiger partial charge in [0, 0.05) is 48.2 Å². The van der Waals surface area contributed by atoms with Crippen LogP contribution in [0.4, 0.5) is 9.52 Å². The van der Waals surface area contributed by atoms with E-state index in [2.05, 4.69) is 22.9 Å². The monoisotopic (exact) mass is 546 g/mol. The van der Waals surface area contributed by atoms with Crippen LogP contribution in [0.5, 0.6) is 0 Å². The zero-order valence-electron chi connectivity index (χ0n) is 21.8. The van der Waals surface area contributed by atoms with Gasteiger partial charge in [-0.25, -0.2) is 9.37 Å². The average Bonchev–Trinajstić information content (AvgIpc) is 3.27. The van der Waals surface area contributed by atoms with E-state index < -0.39 is 28.7 Å². The molecular formula is C27H35FN4O5S. The number of hydrogen-bond acceptors (Lipinski definition) is 7. The van der Waals surface area contributed by atoms with Crippen molar-refractivity contribution in [3.05, 3.63) is 46.2 Å². The minimum atomic E-state index is -0.764. The van der Waals surface area contributed by atoms with E-state index in [9.17, 15) is 29.0 Å². The summed E-state index contributed by atoms with van der Waals surface area (Å²) in [5, 5.41) is 29.9. The fourth-order valence-electron chi connectivity index (χ4n) is 6.20. The van der Waals surface area contributed by atoms with Gasteiger partial charge >= 0.3 is 0 Å². The van der Waals surface area contributed by atoms with E-state index >= 15 is 0 Å². The highest BCUT2D eigenvalue weighted by atomic mass is 32.1. The van der Waals surface area contributed by atoms with Crippen LogP contribution >= 0.6 is 11.3 Å². The number of halogens is 1. The number of benzene rings is 1. The number of hydrogen-bond donors (Lipinski definition) is 5. The number of anilines is 1. The van der Waals surface area contributed by atoms with Gasteiger partial charge in [0.15, 0.2) is 5.13 Å².